The third-order valence-corrected chi connectivity index (χ3v) is 4.03. The molecule has 1 unspecified atom stereocenters. The van der Waals surface area contributed by atoms with Crippen molar-refractivity contribution in [1.82, 2.24) is 10.6 Å². The molecule has 4 nitrogen and oxygen atoms in total. The summed E-state index contributed by atoms with van der Waals surface area (Å²) in [4.78, 5) is 12.0. The Morgan fingerprint density at radius 1 is 1.42 bits per heavy atom. The first-order valence-corrected chi connectivity index (χ1v) is 7.23. The Morgan fingerprint density at radius 2 is 2.16 bits per heavy atom. The van der Waals surface area contributed by atoms with E-state index in [9.17, 15) is 4.79 Å². The highest BCUT2D eigenvalue weighted by atomic mass is 16.3. The highest BCUT2D eigenvalue weighted by Crippen LogP contribution is 2.27. The number of amides is 1. The van der Waals surface area contributed by atoms with Crippen molar-refractivity contribution in [3.63, 3.8) is 0 Å². The standard InChI is InChI=1S/C15H24N2O2/c1-11(13-6-3-4-7-13)17-12(2)15(18)16-10-14-8-5-9-19-14/h5,8-9,11-13,17H,3-4,6-7,10H2,1-2H3,(H,16,18)/t11-,12?/m1/s1. The van der Waals surface area contributed by atoms with Gasteiger partial charge in [0.2, 0.25) is 5.91 Å². The van der Waals surface area contributed by atoms with E-state index in [0.717, 1.165) is 11.7 Å². The molecule has 0 bridgehead atoms. The van der Waals surface area contributed by atoms with Crippen molar-refractivity contribution in [2.45, 2.75) is 58.2 Å². The molecular weight excluding hydrogens is 240 g/mol. The molecule has 2 N–H and O–H groups in total. The van der Waals surface area contributed by atoms with Crippen LogP contribution in [0.4, 0.5) is 0 Å². The van der Waals surface area contributed by atoms with E-state index in [2.05, 4.69) is 17.6 Å². The molecule has 1 aliphatic rings. The van der Waals surface area contributed by atoms with Gasteiger partial charge in [-0.05, 0) is 44.7 Å². The van der Waals surface area contributed by atoms with Gasteiger partial charge in [0.15, 0.2) is 0 Å². The van der Waals surface area contributed by atoms with Crippen LogP contribution in [-0.4, -0.2) is 18.0 Å². The van der Waals surface area contributed by atoms with Crippen molar-refractivity contribution < 1.29 is 9.21 Å². The Morgan fingerprint density at radius 3 is 2.79 bits per heavy atom. The molecule has 4 heteroatoms. The number of carbonyl (C=O) groups is 1. The van der Waals surface area contributed by atoms with Crippen LogP contribution in [0.5, 0.6) is 0 Å². The van der Waals surface area contributed by atoms with E-state index in [1.54, 1.807) is 6.26 Å². The summed E-state index contributed by atoms with van der Waals surface area (Å²) in [6, 6.07) is 3.93. The number of carbonyl (C=O) groups excluding carboxylic acids is 1. The average molecular weight is 264 g/mol. The Hall–Kier alpha value is -1.29. The molecule has 1 saturated carbocycles. The van der Waals surface area contributed by atoms with Crippen LogP contribution in [0.15, 0.2) is 22.8 Å². The van der Waals surface area contributed by atoms with Gasteiger partial charge in [-0.2, -0.15) is 0 Å². The van der Waals surface area contributed by atoms with E-state index >= 15 is 0 Å². The van der Waals surface area contributed by atoms with Crippen LogP contribution in [0.1, 0.15) is 45.3 Å². The molecular formula is C15H24N2O2. The molecule has 1 fully saturated rings. The molecule has 0 spiro atoms. The fourth-order valence-electron chi connectivity index (χ4n) is 2.80. The zero-order valence-corrected chi connectivity index (χ0v) is 11.8. The van der Waals surface area contributed by atoms with Gasteiger partial charge in [0.05, 0.1) is 18.8 Å². The van der Waals surface area contributed by atoms with E-state index in [4.69, 9.17) is 4.42 Å². The van der Waals surface area contributed by atoms with Crippen molar-refractivity contribution in [3.8, 4) is 0 Å². The van der Waals surface area contributed by atoms with Gasteiger partial charge in [0.25, 0.3) is 0 Å². The molecule has 19 heavy (non-hydrogen) atoms. The van der Waals surface area contributed by atoms with Crippen LogP contribution in [0.2, 0.25) is 0 Å². The maximum atomic E-state index is 12.0. The van der Waals surface area contributed by atoms with Gasteiger partial charge in [0.1, 0.15) is 5.76 Å². The van der Waals surface area contributed by atoms with Crippen molar-refractivity contribution in [2.75, 3.05) is 0 Å². The van der Waals surface area contributed by atoms with Crippen LogP contribution in [-0.2, 0) is 11.3 Å². The van der Waals surface area contributed by atoms with Crippen molar-refractivity contribution in [1.29, 1.82) is 0 Å². The van der Waals surface area contributed by atoms with Gasteiger partial charge in [-0.15, -0.1) is 0 Å². The lowest BCUT2D eigenvalue weighted by molar-refractivity contribution is -0.123. The van der Waals surface area contributed by atoms with Crippen molar-refractivity contribution in [2.24, 2.45) is 5.92 Å². The summed E-state index contributed by atoms with van der Waals surface area (Å²) in [7, 11) is 0. The lowest BCUT2D eigenvalue weighted by atomic mass is 9.99. The molecule has 106 valence electrons. The number of nitrogens with one attached hydrogen (secondary N) is 2. The second kappa shape index (κ2) is 6.75. The summed E-state index contributed by atoms with van der Waals surface area (Å²) in [5.74, 6) is 1.53. The van der Waals surface area contributed by atoms with Gasteiger partial charge in [0, 0.05) is 6.04 Å². The van der Waals surface area contributed by atoms with Crippen LogP contribution in [0, 0.1) is 5.92 Å². The Bertz CT molecular complexity index is 383. The molecule has 1 aliphatic carbocycles. The number of hydrogen-bond acceptors (Lipinski definition) is 3. The van der Waals surface area contributed by atoms with Crippen molar-refractivity contribution >= 4 is 5.91 Å². The summed E-state index contributed by atoms with van der Waals surface area (Å²) in [5.41, 5.74) is 0. The maximum Gasteiger partial charge on any atom is 0.237 e. The lowest BCUT2D eigenvalue weighted by Gasteiger charge is -2.24. The third kappa shape index (κ3) is 4.10. The van der Waals surface area contributed by atoms with Crippen molar-refractivity contribution in [3.05, 3.63) is 24.2 Å². The van der Waals surface area contributed by atoms with E-state index in [1.165, 1.54) is 25.7 Å². The molecule has 2 rings (SSSR count). The van der Waals surface area contributed by atoms with Gasteiger partial charge in [-0.3, -0.25) is 4.79 Å². The Balaban J connectivity index is 1.72. The maximum absolute atomic E-state index is 12.0. The molecule has 2 atom stereocenters. The fourth-order valence-corrected chi connectivity index (χ4v) is 2.80. The third-order valence-electron chi connectivity index (χ3n) is 4.03. The molecule has 1 aromatic heterocycles. The largest absolute Gasteiger partial charge is 0.467 e. The zero-order valence-electron chi connectivity index (χ0n) is 11.8. The van der Waals surface area contributed by atoms with E-state index < -0.39 is 0 Å². The molecule has 0 aromatic carbocycles. The topological polar surface area (TPSA) is 54.3 Å². The molecule has 0 radical (unpaired) electrons. The summed E-state index contributed by atoms with van der Waals surface area (Å²) < 4.78 is 5.19. The van der Waals surface area contributed by atoms with Gasteiger partial charge in [-0.1, -0.05) is 12.8 Å². The number of hydrogen-bond donors (Lipinski definition) is 2. The highest BCUT2D eigenvalue weighted by Gasteiger charge is 2.24. The van der Waals surface area contributed by atoms with Crippen LogP contribution in [0.25, 0.3) is 0 Å². The summed E-state index contributed by atoms with van der Waals surface area (Å²) in [6.07, 6.45) is 6.85. The predicted molar refractivity (Wildman–Crippen MR) is 74.6 cm³/mol. The molecule has 1 amide bonds. The smallest absolute Gasteiger partial charge is 0.237 e. The minimum absolute atomic E-state index is 0.0289. The normalized spacial score (nSPS) is 19.3. The summed E-state index contributed by atoms with van der Waals surface area (Å²) >= 11 is 0. The Labute approximate surface area is 114 Å². The first kappa shape index (κ1) is 14.1. The minimum atomic E-state index is -0.162. The molecule has 1 aromatic rings. The fraction of sp³-hybridized carbons (Fsp3) is 0.667. The monoisotopic (exact) mass is 264 g/mol. The number of rotatable bonds is 6. The first-order valence-electron chi connectivity index (χ1n) is 7.23. The number of furan rings is 1. The lowest BCUT2D eigenvalue weighted by Crippen LogP contribution is -2.47. The highest BCUT2D eigenvalue weighted by molar-refractivity contribution is 5.81. The van der Waals surface area contributed by atoms with Gasteiger partial charge >= 0.3 is 0 Å². The van der Waals surface area contributed by atoms with Crippen LogP contribution >= 0.6 is 0 Å². The van der Waals surface area contributed by atoms with Gasteiger partial charge < -0.3 is 15.1 Å². The second-order valence-electron chi connectivity index (χ2n) is 5.52. The quantitative estimate of drug-likeness (QED) is 0.830. The molecule has 0 aliphatic heterocycles. The van der Waals surface area contributed by atoms with E-state index in [-0.39, 0.29) is 11.9 Å². The predicted octanol–water partition coefficient (Wildman–Crippen LogP) is 2.45. The first-order chi connectivity index (χ1) is 9.16. The van der Waals surface area contributed by atoms with E-state index in [1.807, 2.05) is 19.1 Å². The van der Waals surface area contributed by atoms with Crippen LogP contribution in [0.3, 0.4) is 0 Å². The average Bonchev–Trinajstić information content (AvgIpc) is 3.08. The minimum Gasteiger partial charge on any atom is -0.467 e. The second-order valence-corrected chi connectivity index (χ2v) is 5.52. The zero-order chi connectivity index (χ0) is 13.7. The Kier molecular flexibility index (Phi) is 5.02. The summed E-state index contributed by atoms with van der Waals surface area (Å²) in [5, 5.41) is 6.29. The van der Waals surface area contributed by atoms with Gasteiger partial charge in [-0.25, -0.2) is 0 Å². The van der Waals surface area contributed by atoms with Crippen LogP contribution < -0.4 is 10.6 Å². The van der Waals surface area contributed by atoms with E-state index in [0.29, 0.717) is 12.6 Å². The SMILES string of the molecule is CC(N[C@H](C)C1CCCC1)C(=O)NCc1ccco1. The molecule has 1 heterocycles. The molecule has 0 saturated heterocycles. The summed E-state index contributed by atoms with van der Waals surface area (Å²) in [6.45, 7) is 4.56.